The van der Waals surface area contributed by atoms with Gasteiger partial charge < -0.3 is 9.84 Å². The van der Waals surface area contributed by atoms with E-state index in [4.69, 9.17) is 33.0 Å². The van der Waals surface area contributed by atoms with Crippen LogP contribution >= 0.6 is 34.5 Å². The molecule has 0 aliphatic carbocycles. The fraction of sp³-hybridized carbons (Fsp3) is 0.143. The molecule has 0 saturated carbocycles. The van der Waals surface area contributed by atoms with Crippen molar-refractivity contribution in [2.45, 2.75) is 6.61 Å². The fourth-order valence-electron chi connectivity index (χ4n) is 1.46. The van der Waals surface area contributed by atoms with Crippen LogP contribution in [0.2, 0.25) is 10.0 Å². The lowest BCUT2D eigenvalue weighted by atomic mass is 10.2. The van der Waals surface area contributed by atoms with Gasteiger partial charge in [-0.25, -0.2) is 0 Å². The third-order valence-electron chi connectivity index (χ3n) is 2.31. The van der Waals surface area contributed by atoms with E-state index >= 15 is 0 Å². The Labute approximate surface area is 125 Å². The highest BCUT2D eigenvalue weighted by Gasteiger charge is 2.09. The summed E-state index contributed by atoms with van der Waals surface area (Å²) < 4.78 is 5.65. The van der Waals surface area contributed by atoms with E-state index < -0.39 is 0 Å². The van der Waals surface area contributed by atoms with Crippen LogP contribution in [0.1, 0.15) is 10.4 Å². The number of ether oxygens (including phenoxy) is 1. The van der Waals surface area contributed by atoms with Crippen LogP contribution in [0, 0.1) is 11.8 Å². The van der Waals surface area contributed by atoms with E-state index in [9.17, 15) is 0 Å². The predicted molar refractivity (Wildman–Crippen MR) is 79.1 cm³/mol. The van der Waals surface area contributed by atoms with E-state index in [2.05, 4.69) is 11.8 Å². The zero-order valence-corrected chi connectivity index (χ0v) is 12.1. The third-order valence-corrected chi connectivity index (χ3v) is 3.80. The van der Waals surface area contributed by atoms with Crippen molar-refractivity contribution in [1.82, 2.24) is 0 Å². The number of hydrogen-bond donors (Lipinski definition) is 1. The molecule has 19 heavy (non-hydrogen) atoms. The zero-order valence-electron chi connectivity index (χ0n) is 9.82. The fourth-order valence-corrected chi connectivity index (χ4v) is 2.70. The molecule has 0 radical (unpaired) electrons. The molecule has 5 heteroatoms. The number of hydrogen-bond acceptors (Lipinski definition) is 3. The van der Waals surface area contributed by atoms with Gasteiger partial charge in [0.2, 0.25) is 0 Å². The number of benzene rings is 1. The Kier molecular flexibility index (Phi) is 5.12. The average molecular weight is 313 g/mol. The van der Waals surface area contributed by atoms with E-state index in [0.29, 0.717) is 22.4 Å². The normalized spacial score (nSPS) is 9.84. The Bertz CT molecular complexity index is 606. The van der Waals surface area contributed by atoms with Gasteiger partial charge in [-0.3, -0.25) is 0 Å². The van der Waals surface area contributed by atoms with Crippen molar-refractivity contribution in [2.24, 2.45) is 0 Å². The summed E-state index contributed by atoms with van der Waals surface area (Å²) in [6.07, 6.45) is 0. The first-order chi connectivity index (χ1) is 9.22. The van der Waals surface area contributed by atoms with Gasteiger partial charge in [-0.15, -0.1) is 11.3 Å². The van der Waals surface area contributed by atoms with Crippen molar-refractivity contribution >= 4 is 34.5 Å². The number of aliphatic hydroxyl groups is 1. The van der Waals surface area contributed by atoms with Crippen LogP contribution in [0.4, 0.5) is 0 Å². The Morgan fingerprint density at radius 1 is 1.21 bits per heavy atom. The molecule has 1 aromatic heterocycles. The Balaban J connectivity index is 2.13. The minimum absolute atomic E-state index is 0.160. The van der Waals surface area contributed by atoms with Gasteiger partial charge in [0.05, 0.1) is 14.9 Å². The minimum atomic E-state index is -0.160. The summed E-state index contributed by atoms with van der Waals surface area (Å²) >= 11 is 13.6. The third kappa shape index (κ3) is 3.65. The minimum Gasteiger partial charge on any atom is -0.485 e. The number of thiophene rings is 1. The molecule has 0 atom stereocenters. The van der Waals surface area contributed by atoms with Gasteiger partial charge in [-0.1, -0.05) is 41.1 Å². The van der Waals surface area contributed by atoms with Gasteiger partial charge in [0.25, 0.3) is 0 Å². The molecule has 0 saturated heterocycles. The monoisotopic (exact) mass is 312 g/mol. The van der Waals surface area contributed by atoms with Gasteiger partial charge in [-0.05, 0) is 23.6 Å². The van der Waals surface area contributed by atoms with Crippen LogP contribution in [0.15, 0.2) is 29.6 Å². The van der Waals surface area contributed by atoms with Crippen molar-refractivity contribution in [2.75, 3.05) is 6.61 Å². The van der Waals surface area contributed by atoms with Crippen LogP contribution in [-0.2, 0) is 6.61 Å². The Morgan fingerprint density at radius 3 is 2.63 bits per heavy atom. The van der Waals surface area contributed by atoms with Crippen molar-refractivity contribution in [3.05, 3.63) is 50.1 Å². The summed E-state index contributed by atoms with van der Waals surface area (Å²) in [7, 11) is 0. The maximum Gasteiger partial charge on any atom is 0.157 e. The quantitative estimate of drug-likeness (QED) is 0.869. The summed E-state index contributed by atoms with van der Waals surface area (Å²) in [6, 6.07) is 7.11. The molecule has 0 bridgehead atoms. The summed E-state index contributed by atoms with van der Waals surface area (Å²) in [5.41, 5.74) is 0.849. The second-order valence-corrected chi connectivity index (χ2v) is 5.37. The second kappa shape index (κ2) is 6.83. The Hall–Kier alpha value is -1.18. The smallest absolute Gasteiger partial charge is 0.157 e. The maximum absolute atomic E-state index is 8.70. The summed E-state index contributed by atoms with van der Waals surface area (Å²) in [6.45, 7) is 0.184. The van der Waals surface area contributed by atoms with Crippen molar-refractivity contribution in [3.8, 4) is 17.6 Å². The van der Waals surface area contributed by atoms with Gasteiger partial charge in [-0.2, -0.15) is 0 Å². The van der Waals surface area contributed by atoms with E-state index in [0.717, 1.165) is 10.4 Å². The molecule has 0 aliphatic rings. The molecule has 98 valence electrons. The van der Waals surface area contributed by atoms with Crippen LogP contribution in [0.3, 0.4) is 0 Å². The zero-order chi connectivity index (χ0) is 13.7. The molecule has 0 fully saturated rings. The van der Waals surface area contributed by atoms with Gasteiger partial charge in [0.1, 0.15) is 13.2 Å². The second-order valence-electron chi connectivity index (χ2n) is 3.56. The van der Waals surface area contributed by atoms with E-state index in [1.807, 2.05) is 11.4 Å². The summed E-state index contributed by atoms with van der Waals surface area (Å²) in [4.78, 5) is 0.969. The largest absolute Gasteiger partial charge is 0.485 e. The molecule has 1 aromatic carbocycles. The molecular weight excluding hydrogens is 303 g/mol. The van der Waals surface area contributed by atoms with Crippen LogP contribution in [-0.4, -0.2) is 11.7 Å². The van der Waals surface area contributed by atoms with Gasteiger partial charge in [0, 0.05) is 5.56 Å². The van der Waals surface area contributed by atoms with Gasteiger partial charge >= 0.3 is 0 Å². The van der Waals surface area contributed by atoms with Gasteiger partial charge in [0.15, 0.2) is 5.75 Å². The van der Waals surface area contributed by atoms with E-state index in [-0.39, 0.29) is 6.61 Å². The van der Waals surface area contributed by atoms with E-state index in [1.54, 1.807) is 18.2 Å². The van der Waals surface area contributed by atoms with Crippen molar-refractivity contribution < 1.29 is 9.84 Å². The molecule has 0 aliphatic heterocycles. The highest BCUT2D eigenvalue weighted by molar-refractivity contribution is 7.10. The van der Waals surface area contributed by atoms with Crippen LogP contribution in [0.25, 0.3) is 0 Å². The molecule has 2 rings (SSSR count). The van der Waals surface area contributed by atoms with E-state index in [1.165, 1.54) is 11.3 Å². The molecule has 1 heterocycles. The topological polar surface area (TPSA) is 29.5 Å². The molecule has 2 aromatic rings. The lowest BCUT2D eigenvalue weighted by Crippen LogP contribution is -1.96. The molecule has 1 N–H and O–H groups in total. The number of aliphatic hydroxyl groups excluding tert-OH is 1. The molecule has 0 spiro atoms. The van der Waals surface area contributed by atoms with Crippen molar-refractivity contribution in [1.29, 1.82) is 0 Å². The molecule has 0 unspecified atom stereocenters. The molecule has 0 amide bonds. The number of para-hydroxylation sites is 1. The number of halogens is 2. The summed E-state index contributed by atoms with van der Waals surface area (Å²) in [5.74, 6) is 5.96. The van der Waals surface area contributed by atoms with Crippen molar-refractivity contribution in [3.63, 3.8) is 0 Å². The van der Waals surface area contributed by atoms with Crippen LogP contribution in [0.5, 0.6) is 5.75 Å². The lowest BCUT2D eigenvalue weighted by molar-refractivity contribution is 0.310. The van der Waals surface area contributed by atoms with Crippen LogP contribution < -0.4 is 4.74 Å². The molecular formula is C14H10Cl2O2S. The lowest BCUT2D eigenvalue weighted by Gasteiger charge is -2.08. The highest BCUT2D eigenvalue weighted by atomic mass is 35.5. The first-order valence-electron chi connectivity index (χ1n) is 5.45. The number of rotatable bonds is 3. The molecule has 2 nitrogen and oxygen atoms in total. The average Bonchev–Trinajstić information content (AvgIpc) is 2.83. The SMILES string of the molecule is OCC#Cc1ccsc1COc1c(Cl)cccc1Cl. The predicted octanol–water partition coefficient (Wildman–Crippen LogP) is 3.98. The first kappa shape index (κ1) is 14.2. The standard InChI is InChI=1S/C14H10Cl2O2S/c15-11-4-1-5-12(16)14(11)18-9-13-10(3-2-7-17)6-8-19-13/h1,4-6,8,17H,7,9H2. The highest BCUT2D eigenvalue weighted by Crippen LogP contribution is 2.33. The first-order valence-corrected chi connectivity index (χ1v) is 7.09. The maximum atomic E-state index is 8.70. The summed E-state index contributed by atoms with van der Waals surface area (Å²) in [5, 5.41) is 11.6. The Morgan fingerprint density at radius 2 is 1.95 bits per heavy atom.